The maximum absolute atomic E-state index is 12.3. The molecule has 1 heterocycles. The van der Waals surface area contributed by atoms with Crippen molar-refractivity contribution < 1.29 is 14.3 Å². The molecule has 7 nitrogen and oxygen atoms in total. The molecule has 0 aromatic heterocycles. The summed E-state index contributed by atoms with van der Waals surface area (Å²) in [6.07, 6.45) is 6.87. The van der Waals surface area contributed by atoms with Crippen LogP contribution in [0.2, 0.25) is 0 Å². The molecule has 1 atom stereocenters. The van der Waals surface area contributed by atoms with Crippen LogP contribution in [0, 0.1) is 6.92 Å². The van der Waals surface area contributed by atoms with Crippen LogP contribution < -0.4 is 20.7 Å². The molecule has 1 unspecified atom stereocenters. The van der Waals surface area contributed by atoms with Gasteiger partial charge >= 0.3 is 0 Å². The number of aryl methyl sites for hydroxylation is 1. The normalized spacial score (nSPS) is 19.4. The highest BCUT2D eigenvalue weighted by molar-refractivity contribution is 14.0. The van der Waals surface area contributed by atoms with Gasteiger partial charge in [0.1, 0.15) is 11.9 Å². The molecule has 8 heteroatoms. The molecule has 1 amide bonds. The molecule has 3 N–H and O–H groups in total. The van der Waals surface area contributed by atoms with Crippen LogP contribution >= 0.6 is 24.0 Å². The Balaban J connectivity index is 0.00000341. The second kappa shape index (κ2) is 13.8. The first kappa shape index (κ1) is 25.7. The number of carbonyl (C=O) groups excluding carboxylic acids is 1. The number of rotatable bonds is 8. The predicted molar refractivity (Wildman–Crippen MR) is 134 cm³/mol. The number of hydrogen-bond acceptors (Lipinski definition) is 4. The summed E-state index contributed by atoms with van der Waals surface area (Å²) < 4.78 is 11.6. The van der Waals surface area contributed by atoms with Gasteiger partial charge in [0, 0.05) is 24.6 Å². The Kier molecular flexibility index (Phi) is 11.4. The smallest absolute Gasteiger partial charge is 0.239 e. The van der Waals surface area contributed by atoms with Gasteiger partial charge in [0.05, 0.1) is 26.3 Å². The average molecular weight is 544 g/mol. The minimum atomic E-state index is 0. The molecule has 1 saturated carbocycles. The largest absolute Gasteiger partial charge is 0.488 e. The van der Waals surface area contributed by atoms with Gasteiger partial charge in [-0.05, 0) is 38.3 Å². The summed E-state index contributed by atoms with van der Waals surface area (Å²) in [6.45, 7) is 6.88. The molecule has 1 aromatic carbocycles. The lowest BCUT2D eigenvalue weighted by Gasteiger charge is -2.23. The number of nitrogens with one attached hydrogen (secondary N) is 3. The van der Waals surface area contributed by atoms with Crippen LogP contribution in [0.5, 0.6) is 5.75 Å². The number of aliphatic imine (C=N–C) groups is 1. The Morgan fingerprint density at radius 3 is 2.71 bits per heavy atom. The Bertz CT molecular complexity index is 717. The number of guanidine groups is 1. The van der Waals surface area contributed by atoms with Crippen LogP contribution in [0.1, 0.15) is 56.6 Å². The SMILES string of the molecule is CCNC(=NCc1ccc(C)cc1OC1CCOC1)NCC(=O)NC1CCCCC1.I. The third-order valence-electron chi connectivity index (χ3n) is 5.54. The van der Waals surface area contributed by atoms with E-state index < -0.39 is 0 Å². The Labute approximate surface area is 203 Å². The average Bonchev–Trinajstić information content (AvgIpc) is 3.25. The van der Waals surface area contributed by atoms with Gasteiger partial charge in [-0.1, -0.05) is 31.4 Å². The van der Waals surface area contributed by atoms with Crippen molar-refractivity contribution >= 4 is 35.8 Å². The number of halogens is 1. The van der Waals surface area contributed by atoms with Crippen molar-refractivity contribution in [2.24, 2.45) is 4.99 Å². The van der Waals surface area contributed by atoms with Crippen molar-refractivity contribution in [3.63, 3.8) is 0 Å². The predicted octanol–water partition coefficient (Wildman–Crippen LogP) is 3.28. The molecule has 1 aromatic rings. The molecule has 1 aliphatic heterocycles. The van der Waals surface area contributed by atoms with Crippen LogP contribution in [0.3, 0.4) is 0 Å². The summed E-state index contributed by atoms with van der Waals surface area (Å²) in [7, 11) is 0. The molecule has 0 spiro atoms. The molecule has 1 aliphatic carbocycles. The number of carbonyl (C=O) groups is 1. The van der Waals surface area contributed by atoms with Crippen molar-refractivity contribution in [2.45, 2.75) is 71.1 Å². The van der Waals surface area contributed by atoms with E-state index in [1.807, 2.05) is 6.92 Å². The minimum Gasteiger partial charge on any atom is -0.488 e. The van der Waals surface area contributed by atoms with E-state index in [4.69, 9.17) is 9.47 Å². The van der Waals surface area contributed by atoms with Gasteiger partial charge in [0.25, 0.3) is 0 Å². The Morgan fingerprint density at radius 2 is 2.00 bits per heavy atom. The van der Waals surface area contributed by atoms with Crippen LogP contribution in [0.15, 0.2) is 23.2 Å². The maximum atomic E-state index is 12.3. The van der Waals surface area contributed by atoms with Gasteiger partial charge in [-0.3, -0.25) is 4.79 Å². The van der Waals surface area contributed by atoms with E-state index in [2.05, 4.69) is 46.1 Å². The topological polar surface area (TPSA) is 84.0 Å². The summed E-state index contributed by atoms with van der Waals surface area (Å²) in [5, 5.41) is 9.49. The molecule has 2 fully saturated rings. The molecule has 31 heavy (non-hydrogen) atoms. The molecular formula is C23H37IN4O3. The van der Waals surface area contributed by atoms with Crippen molar-refractivity contribution in [1.29, 1.82) is 0 Å². The second-order valence-electron chi connectivity index (χ2n) is 8.17. The second-order valence-corrected chi connectivity index (χ2v) is 8.17. The third-order valence-corrected chi connectivity index (χ3v) is 5.54. The van der Waals surface area contributed by atoms with Crippen LogP contribution in [-0.4, -0.2) is 50.3 Å². The number of nitrogens with zero attached hydrogens (tertiary/aromatic N) is 1. The fourth-order valence-corrected chi connectivity index (χ4v) is 3.88. The van der Waals surface area contributed by atoms with Crippen molar-refractivity contribution in [1.82, 2.24) is 16.0 Å². The summed E-state index contributed by atoms with van der Waals surface area (Å²) in [4.78, 5) is 17.0. The van der Waals surface area contributed by atoms with Crippen LogP contribution in [-0.2, 0) is 16.1 Å². The van der Waals surface area contributed by atoms with E-state index in [0.29, 0.717) is 25.2 Å². The lowest BCUT2D eigenvalue weighted by atomic mass is 9.95. The maximum Gasteiger partial charge on any atom is 0.239 e. The lowest BCUT2D eigenvalue weighted by molar-refractivity contribution is -0.120. The summed E-state index contributed by atoms with van der Waals surface area (Å²) in [6, 6.07) is 6.50. The highest BCUT2D eigenvalue weighted by atomic mass is 127. The number of hydrogen-bond donors (Lipinski definition) is 3. The summed E-state index contributed by atoms with van der Waals surface area (Å²) in [5.41, 5.74) is 2.18. The van der Waals surface area contributed by atoms with Crippen molar-refractivity contribution in [2.75, 3.05) is 26.3 Å². The van der Waals surface area contributed by atoms with E-state index in [1.165, 1.54) is 19.3 Å². The number of amides is 1. The van der Waals surface area contributed by atoms with E-state index >= 15 is 0 Å². The Hall–Kier alpha value is -1.55. The van der Waals surface area contributed by atoms with Gasteiger partial charge in [-0.2, -0.15) is 0 Å². The summed E-state index contributed by atoms with van der Waals surface area (Å²) in [5.74, 6) is 1.51. The third kappa shape index (κ3) is 8.84. The van der Waals surface area contributed by atoms with Gasteiger partial charge < -0.3 is 25.4 Å². The highest BCUT2D eigenvalue weighted by Crippen LogP contribution is 2.24. The molecule has 1 saturated heterocycles. The number of ether oxygens (including phenoxy) is 2. The van der Waals surface area contributed by atoms with E-state index in [0.717, 1.165) is 49.3 Å². The first-order chi connectivity index (χ1) is 14.6. The van der Waals surface area contributed by atoms with E-state index in [-0.39, 0.29) is 42.5 Å². The van der Waals surface area contributed by atoms with E-state index in [9.17, 15) is 4.79 Å². The zero-order valence-electron chi connectivity index (χ0n) is 18.7. The first-order valence-electron chi connectivity index (χ1n) is 11.3. The van der Waals surface area contributed by atoms with Gasteiger partial charge in [-0.15, -0.1) is 24.0 Å². The zero-order valence-corrected chi connectivity index (χ0v) is 21.1. The van der Waals surface area contributed by atoms with E-state index in [1.54, 1.807) is 0 Å². The quantitative estimate of drug-likeness (QED) is 0.266. The molecule has 0 radical (unpaired) electrons. The molecular weight excluding hydrogens is 507 g/mol. The zero-order chi connectivity index (χ0) is 21.2. The number of benzene rings is 1. The fourth-order valence-electron chi connectivity index (χ4n) is 3.88. The highest BCUT2D eigenvalue weighted by Gasteiger charge is 2.19. The fraction of sp³-hybridized carbons (Fsp3) is 0.652. The first-order valence-corrected chi connectivity index (χ1v) is 11.3. The van der Waals surface area contributed by atoms with Gasteiger partial charge in [0.2, 0.25) is 5.91 Å². The standard InChI is InChI=1S/C23H36N4O3.HI/c1-3-24-23(26-15-22(28)27-19-7-5-4-6-8-19)25-14-18-10-9-17(2)13-21(18)30-20-11-12-29-16-20;/h9-10,13,19-20H,3-8,11-12,14-16H2,1-2H3,(H,27,28)(H2,24,25,26);1H. The monoisotopic (exact) mass is 544 g/mol. The van der Waals surface area contributed by atoms with Gasteiger partial charge in [0.15, 0.2) is 5.96 Å². The van der Waals surface area contributed by atoms with Crippen LogP contribution in [0.4, 0.5) is 0 Å². The van der Waals surface area contributed by atoms with Crippen molar-refractivity contribution in [3.8, 4) is 5.75 Å². The lowest BCUT2D eigenvalue weighted by Crippen LogP contribution is -2.46. The summed E-state index contributed by atoms with van der Waals surface area (Å²) >= 11 is 0. The minimum absolute atomic E-state index is 0. The molecule has 3 rings (SSSR count). The Morgan fingerprint density at radius 1 is 1.19 bits per heavy atom. The van der Waals surface area contributed by atoms with Crippen molar-refractivity contribution in [3.05, 3.63) is 29.3 Å². The van der Waals surface area contributed by atoms with Gasteiger partial charge in [-0.25, -0.2) is 4.99 Å². The molecule has 174 valence electrons. The molecule has 0 bridgehead atoms. The molecule has 2 aliphatic rings. The van der Waals surface area contributed by atoms with Crippen LogP contribution in [0.25, 0.3) is 0 Å².